The van der Waals surface area contributed by atoms with E-state index in [1.54, 1.807) is 28.1 Å². The Morgan fingerprint density at radius 3 is 2.37 bits per heavy atom. The molecule has 8 heteroatoms. The first kappa shape index (κ1) is 19.8. The van der Waals surface area contributed by atoms with Gasteiger partial charge in [0, 0.05) is 45.8 Å². The average Bonchev–Trinajstić information content (AvgIpc) is 2.78. The van der Waals surface area contributed by atoms with Gasteiger partial charge in [-0.05, 0) is 24.1 Å². The van der Waals surface area contributed by atoms with Crippen LogP contribution < -0.4 is 5.56 Å². The van der Waals surface area contributed by atoms with Gasteiger partial charge in [-0.3, -0.25) is 19.0 Å². The number of carbonyl (C=O) groups excluding carboxylic acids is 2. The van der Waals surface area contributed by atoms with E-state index in [2.05, 4.69) is 9.97 Å². The summed E-state index contributed by atoms with van der Waals surface area (Å²) in [4.78, 5) is 49.8. The second kappa shape index (κ2) is 8.44. The van der Waals surface area contributed by atoms with Crippen LogP contribution in [-0.4, -0.2) is 62.3 Å². The lowest BCUT2D eigenvalue weighted by Gasteiger charge is -2.33. The molecule has 2 amide bonds. The maximum Gasteiger partial charge on any atom is 0.283 e. The zero-order chi connectivity index (χ0) is 21.1. The molecule has 0 radical (unpaired) electrons. The van der Waals surface area contributed by atoms with E-state index in [0.29, 0.717) is 50.3 Å². The van der Waals surface area contributed by atoms with Crippen LogP contribution in [0.25, 0.3) is 11.2 Å². The smallest absolute Gasteiger partial charge is 0.283 e. The maximum atomic E-state index is 13.2. The molecular weight excluding hydrogens is 382 g/mol. The highest BCUT2D eigenvalue weighted by molar-refractivity contribution is 5.93. The number of pyridine rings is 1. The first-order chi connectivity index (χ1) is 14.5. The van der Waals surface area contributed by atoms with Gasteiger partial charge in [0.25, 0.3) is 11.5 Å². The van der Waals surface area contributed by atoms with Crippen LogP contribution in [-0.2, 0) is 17.8 Å². The van der Waals surface area contributed by atoms with E-state index in [1.165, 1.54) is 11.5 Å². The number of hydrogen-bond acceptors (Lipinski definition) is 5. The van der Waals surface area contributed by atoms with E-state index in [9.17, 15) is 14.4 Å². The number of aryl methyl sites for hydroxylation is 2. The Hall–Kier alpha value is -3.55. The summed E-state index contributed by atoms with van der Waals surface area (Å²) in [5.74, 6) is -0.414. The number of nitrogens with zero attached hydrogens (tertiary/aromatic N) is 5. The Balaban J connectivity index is 1.65. The highest BCUT2D eigenvalue weighted by Gasteiger charge is 2.27. The van der Waals surface area contributed by atoms with Gasteiger partial charge in [0.05, 0.1) is 0 Å². The molecule has 0 bridgehead atoms. The first-order valence-electron chi connectivity index (χ1n) is 9.99. The molecule has 4 rings (SSSR count). The van der Waals surface area contributed by atoms with E-state index in [0.717, 1.165) is 5.56 Å². The van der Waals surface area contributed by atoms with Crippen LogP contribution >= 0.6 is 0 Å². The zero-order valence-corrected chi connectivity index (χ0v) is 16.8. The fraction of sp³-hybridized carbons (Fsp3) is 0.318. The van der Waals surface area contributed by atoms with Crippen LogP contribution in [0, 0.1) is 0 Å². The predicted octanol–water partition coefficient (Wildman–Crippen LogP) is 1.34. The Kier molecular flexibility index (Phi) is 5.56. The fourth-order valence-electron chi connectivity index (χ4n) is 3.68. The average molecular weight is 405 g/mol. The Labute approximate surface area is 173 Å². The van der Waals surface area contributed by atoms with Crippen molar-refractivity contribution >= 4 is 23.0 Å². The molecule has 3 heterocycles. The molecule has 0 unspecified atom stereocenters. The standard InChI is InChI=1S/C22H23N5O3/c1-16(28)25-12-14-26(15-13-25)21(29)19-22(30)27(11-9-17-6-3-2-4-7-17)20-18(24-19)8-5-10-23-20/h2-8,10H,9,11-15H2,1H3. The highest BCUT2D eigenvalue weighted by atomic mass is 16.2. The van der Waals surface area contributed by atoms with Gasteiger partial charge in [-0.25, -0.2) is 9.97 Å². The van der Waals surface area contributed by atoms with Crippen LogP contribution in [0.2, 0.25) is 0 Å². The van der Waals surface area contributed by atoms with Gasteiger partial charge in [0.1, 0.15) is 5.52 Å². The van der Waals surface area contributed by atoms with Crippen LogP contribution in [0.1, 0.15) is 23.0 Å². The molecule has 0 saturated carbocycles. The van der Waals surface area contributed by atoms with Crippen molar-refractivity contribution in [1.82, 2.24) is 24.3 Å². The minimum atomic E-state index is -0.434. The molecule has 0 atom stereocenters. The van der Waals surface area contributed by atoms with Gasteiger partial charge in [-0.15, -0.1) is 0 Å². The lowest BCUT2D eigenvalue weighted by Crippen LogP contribution is -2.51. The molecule has 1 fully saturated rings. The molecule has 1 saturated heterocycles. The second-order valence-electron chi connectivity index (χ2n) is 7.30. The van der Waals surface area contributed by atoms with Gasteiger partial charge in [-0.2, -0.15) is 0 Å². The number of benzene rings is 1. The van der Waals surface area contributed by atoms with E-state index in [1.807, 2.05) is 30.3 Å². The molecule has 8 nitrogen and oxygen atoms in total. The third-order valence-corrected chi connectivity index (χ3v) is 5.38. The Morgan fingerprint density at radius 1 is 0.967 bits per heavy atom. The fourth-order valence-corrected chi connectivity index (χ4v) is 3.68. The van der Waals surface area contributed by atoms with Crippen molar-refractivity contribution in [3.63, 3.8) is 0 Å². The number of aromatic nitrogens is 3. The van der Waals surface area contributed by atoms with Crippen LogP contribution in [0.3, 0.4) is 0 Å². The van der Waals surface area contributed by atoms with E-state index >= 15 is 0 Å². The quantitative estimate of drug-likeness (QED) is 0.654. The SMILES string of the molecule is CC(=O)N1CCN(C(=O)c2nc3cccnc3n(CCc3ccccc3)c2=O)CC1. The molecule has 154 valence electrons. The Morgan fingerprint density at radius 2 is 1.67 bits per heavy atom. The summed E-state index contributed by atoms with van der Waals surface area (Å²) in [6, 6.07) is 13.4. The third-order valence-electron chi connectivity index (χ3n) is 5.38. The number of carbonyl (C=O) groups is 2. The molecule has 0 spiro atoms. The second-order valence-corrected chi connectivity index (χ2v) is 7.30. The van der Waals surface area contributed by atoms with E-state index in [4.69, 9.17) is 0 Å². The number of hydrogen-bond donors (Lipinski definition) is 0. The zero-order valence-electron chi connectivity index (χ0n) is 16.8. The highest BCUT2D eigenvalue weighted by Crippen LogP contribution is 2.11. The van der Waals surface area contributed by atoms with E-state index in [-0.39, 0.29) is 11.6 Å². The van der Waals surface area contributed by atoms with E-state index < -0.39 is 11.5 Å². The summed E-state index contributed by atoms with van der Waals surface area (Å²) in [6.07, 6.45) is 2.26. The van der Waals surface area contributed by atoms with Gasteiger partial charge in [-0.1, -0.05) is 30.3 Å². The molecule has 1 aliphatic rings. The van der Waals surface area contributed by atoms with Crippen molar-refractivity contribution < 1.29 is 9.59 Å². The normalized spacial score (nSPS) is 14.2. The first-order valence-corrected chi connectivity index (χ1v) is 9.99. The summed E-state index contributed by atoms with van der Waals surface area (Å²) in [6.45, 7) is 3.60. The van der Waals surface area contributed by atoms with Crippen LogP contribution in [0.5, 0.6) is 0 Å². The van der Waals surface area contributed by atoms with Gasteiger partial charge < -0.3 is 9.80 Å². The summed E-state index contributed by atoms with van der Waals surface area (Å²) >= 11 is 0. The number of fused-ring (bicyclic) bond motifs is 1. The largest absolute Gasteiger partial charge is 0.339 e. The number of rotatable bonds is 4. The summed E-state index contributed by atoms with van der Waals surface area (Å²) in [7, 11) is 0. The predicted molar refractivity (Wildman–Crippen MR) is 112 cm³/mol. The minimum Gasteiger partial charge on any atom is -0.339 e. The molecule has 0 aliphatic carbocycles. The van der Waals surface area contributed by atoms with Gasteiger partial charge >= 0.3 is 0 Å². The maximum absolute atomic E-state index is 13.2. The minimum absolute atomic E-state index is 0.0136. The van der Waals surface area contributed by atoms with Crippen LogP contribution in [0.15, 0.2) is 53.5 Å². The van der Waals surface area contributed by atoms with Crippen molar-refractivity contribution in [2.75, 3.05) is 26.2 Å². The molecule has 0 N–H and O–H groups in total. The van der Waals surface area contributed by atoms with Gasteiger partial charge in [0.15, 0.2) is 11.3 Å². The topological polar surface area (TPSA) is 88.4 Å². The Bertz CT molecular complexity index is 1130. The summed E-state index contributed by atoms with van der Waals surface area (Å²) in [5.41, 5.74) is 1.54. The summed E-state index contributed by atoms with van der Waals surface area (Å²) in [5, 5.41) is 0. The molecule has 30 heavy (non-hydrogen) atoms. The lowest BCUT2D eigenvalue weighted by molar-refractivity contribution is -0.130. The lowest BCUT2D eigenvalue weighted by atomic mass is 10.1. The molecule has 1 aromatic carbocycles. The van der Waals surface area contributed by atoms with Crippen LogP contribution in [0.4, 0.5) is 0 Å². The monoisotopic (exact) mass is 405 g/mol. The molecule has 2 aromatic heterocycles. The van der Waals surface area contributed by atoms with Crippen molar-refractivity contribution in [2.24, 2.45) is 0 Å². The number of piperazine rings is 1. The molecule has 3 aromatic rings. The number of amides is 2. The molecule has 1 aliphatic heterocycles. The van der Waals surface area contributed by atoms with Gasteiger partial charge in [0.2, 0.25) is 5.91 Å². The summed E-state index contributed by atoms with van der Waals surface area (Å²) < 4.78 is 1.54. The van der Waals surface area contributed by atoms with Crippen molar-refractivity contribution in [3.05, 3.63) is 70.3 Å². The van der Waals surface area contributed by atoms with Crippen molar-refractivity contribution in [2.45, 2.75) is 19.9 Å². The molecular formula is C22H23N5O3. The third kappa shape index (κ3) is 3.94. The van der Waals surface area contributed by atoms with Crippen molar-refractivity contribution in [1.29, 1.82) is 0 Å². The van der Waals surface area contributed by atoms with Crippen molar-refractivity contribution in [3.8, 4) is 0 Å².